The van der Waals surface area contributed by atoms with Crippen LogP contribution in [0.1, 0.15) is 39.0 Å². The maximum Gasteiger partial charge on any atom is 0.184 e. The highest BCUT2D eigenvalue weighted by Gasteiger charge is 2.21. The summed E-state index contributed by atoms with van der Waals surface area (Å²) in [6.45, 7) is 5.53. The number of hydrogen-bond acceptors (Lipinski definition) is 8. The molecule has 7 nitrogen and oxygen atoms in total. The number of pyridine rings is 2. The summed E-state index contributed by atoms with van der Waals surface area (Å²) in [5.41, 5.74) is 2.79. The van der Waals surface area contributed by atoms with Crippen LogP contribution in [0.2, 0.25) is 0 Å². The quantitative estimate of drug-likeness (QED) is 0.291. The van der Waals surface area contributed by atoms with Gasteiger partial charge in [0.25, 0.3) is 0 Å². The lowest BCUT2D eigenvalue weighted by Gasteiger charge is -2.28. The largest absolute Gasteiger partial charge is 0.457 e. The Hall–Kier alpha value is -3.23. The smallest absolute Gasteiger partial charge is 0.184 e. The molecule has 0 bridgehead atoms. The normalized spacial score (nSPS) is 17.6. The number of nitrogens with zero attached hydrogens (tertiary/aromatic N) is 4. The van der Waals surface area contributed by atoms with Crippen LogP contribution in [-0.4, -0.2) is 47.3 Å². The summed E-state index contributed by atoms with van der Waals surface area (Å²) < 4.78 is 12.8. The fourth-order valence-corrected chi connectivity index (χ4v) is 6.25. The van der Waals surface area contributed by atoms with Gasteiger partial charge in [0, 0.05) is 49.2 Å². The maximum absolute atomic E-state index is 6.23. The van der Waals surface area contributed by atoms with Crippen molar-refractivity contribution in [3.8, 4) is 22.8 Å². The van der Waals surface area contributed by atoms with Gasteiger partial charge in [-0.25, -0.2) is 9.97 Å². The summed E-state index contributed by atoms with van der Waals surface area (Å²) in [4.78, 5) is 16.3. The molecule has 2 fully saturated rings. The van der Waals surface area contributed by atoms with Crippen molar-refractivity contribution in [1.29, 1.82) is 0 Å². The number of nitrogens with one attached hydrogen (secondary N) is 1. The molecule has 1 N–H and O–H groups in total. The van der Waals surface area contributed by atoms with Gasteiger partial charge in [-0.05, 0) is 56.0 Å². The lowest BCUT2D eigenvalue weighted by Crippen LogP contribution is -2.36. The topological polar surface area (TPSA) is 72.4 Å². The van der Waals surface area contributed by atoms with Gasteiger partial charge in [-0.3, -0.25) is 4.98 Å². The first-order valence-corrected chi connectivity index (χ1v) is 14.1. The van der Waals surface area contributed by atoms with Gasteiger partial charge in [-0.2, -0.15) is 0 Å². The van der Waals surface area contributed by atoms with Crippen LogP contribution in [0.5, 0.6) is 11.5 Å². The third-order valence-corrected chi connectivity index (χ3v) is 8.36. The molecule has 4 aromatic rings. The van der Waals surface area contributed by atoms with Crippen molar-refractivity contribution >= 4 is 32.5 Å². The van der Waals surface area contributed by atoms with Gasteiger partial charge in [0.1, 0.15) is 17.3 Å². The van der Waals surface area contributed by atoms with Crippen LogP contribution in [0.4, 0.5) is 10.9 Å². The summed E-state index contributed by atoms with van der Waals surface area (Å²) in [6, 6.07) is 14.5. The molecule has 4 heterocycles. The summed E-state index contributed by atoms with van der Waals surface area (Å²) in [5, 5.41) is 4.65. The Bertz CT molecular complexity index is 1330. The SMILES string of the molecule is CC(Nc1nc2ccc(Oc3ccnc(-c4ccc(N5CCOCC5)nc4)c3)cc2s1)C1CCCCC1. The molecule has 0 spiro atoms. The molecule has 3 aromatic heterocycles. The highest BCUT2D eigenvalue weighted by Crippen LogP contribution is 2.34. The van der Waals surface area contributed by atoms with Crippen molar-refractivity contribution < 1.29 is 9.47 Å². The van der Waals surface area contributed by atoms with Crippen LogP contribution >= 0.6 is 11.3 Å². The lowest BCUT2D eigenvalue weighted by atomic mass is 9.85. The minimum absolute atomic E-state index is 0.448. The van der Waals surface area contributed by atoms with Crippen molar-refractivity contribution in [2.45, 2.75) is 45.1 Å². The van der Waals surface area contributed by atoms with Crippen molar-refractivity contribution in [2.75, 3.05) is 36.5 Å². The Morgan fingerprint density at radius 3 is 2.65 bits per heavy atom. The Labute approximate surface area is 221 Å². The molecule has 1 atom stereocenters. The first-order valence-electron chi connectivity index (χ1n) is 13.3. The number of morpholine rings is 1. The van der Waals surface area contributed by atoms with Gasteiger partial charge in [0.05, 0.1) is 29.1 Å². The minimum atomic E-state index is 0.448. The number of benzene rings is 1. The second kappa shape index (κ2) is 11.0. The summed E-state index contributed by atoms with van der Waals surface area (Å²) in [5.74, 6) is 3.25. The highest BCUT2D eigenvalue weighted by molar-refractivity contribution is 7.22. The molecule has 1 saturated carbocycles. The third-order valence-electron chi connectivity index (χ3n) is 7.41. The fraction of sp³-hybridized carbons (Fsp3) is 0.414. The van der Waals surface area contributed by atoms with E-state index < -0.39 is 0 Å². The Morgan fingerprint density at radius 1 is 1.00 bits per heavy atom. The van der Waals surface area contributed by atoms with Gasteiger partial charge >= 0.3 is 0 Å². The van der Waals surface area contributed by atoms with Gasteiger partial charge in [0.15, 0.2) is 5.13 Å². The monoisotopic (exact) mass is 515 g/mol. The van der Waals surface area contributed by atoms with Crippen LogP contribution in [0.3, 0.4) is 0 Å². The lowest BCUT2D eigenvalue weighted by molar-refractivity contribution is 0.122. The van der Waals surface area contributed by atoms with Crippen LogP contribution in [0, 0.1) is 5.92 Å². The van der Waals surface area contributed by atoms with E-state index in [1.807, 2.05) is 36.5 Å². The predicted molar refractivity (Wildman–Crippen MR) is 150 cm³/mol. The standard InChI is InChI=1S/C29H33N5O2S/c1-20(21-5-3-2-4-6-21)32-29-33-25-9-8-23(18-27(25)37-29)36-24-11-12-30-26(17-24)22-7-10-28(31-19-22)34-13-15-35-16-14-34/h7-12,17-21H,2-6,13-16H2,1H3,(H,32,33). The molecule has 1 aromatic carbocycles. The number of hydrogen-bond donors (Lipinski definition) is 1. The zero-order valence-corrected chi connectivity index (χ0v) is 22.0. The zero-order chi connectivity index (χ0) is 25.0. The van der Waals surface area contributed by atoms with Crippen LogP contribution in [0.15, 0.2) is 54.9 Å². The molecular formula is C29H33N5O2S. The van der Waals surface area contributed by atoms with E-state index in [9.17, 15) is 0 Å². The fourth-order valence-electron chi connectivity index (χ4n) is 5.26. The molecule has 1 unspecified atom stereocenters. The number of rotatable bonds is 7. The number of ether oxygens (including phenoxy) is 2. The molecule has 192 valence electrons. The number of anilines is 2. The van der Waals surface area contributed by atoms with Gasteiger partial charge in [0.2, 0.25) is 0 Å². The van der Waals surface area contributed by atoms with Crippen molar-refractivity contribution in [2.24, 2.45) is 5.92 Å². The van der Waals surface area contributed by atoms with E-state index >= 15 is 0 Å². The molecule has 1 saturated heterocycles. The third kappa shape index (κ3) is 5.70. The van der Waals surface area contributed by atoms with Crippen molar-refractivity contribution in [1.82, 2.24) is 15.0 Å². The van der Waals surface area contributed by atoms with Crippen LogP contribution in [0.25, 0.3) is 21.5 Å². The average Bonchev–Trinajstić information content (AvgIpc) is 3.36. The average molecular weight is 516 g/mol. The van der Waals surface area contributed by atoms with Crippen molar-refractivity contribution in [3.63, 3.8) is 0 Å². The second-order valence-corrected chi connectivity index (χ2v) is 11.0. The maximum atomic E-state index is 6.23. The highest BCUT2D eigenvalue weighted by atomic mass is 32.1. The molecular weight excluding hydrogens is 482 g/mol. The molecule has 0 radical (unpaired) electrons. The molecule has 8 heteroatoms. The van der Waals surface area contributed by atoms with E-state index in [1.165, 1.54) is 32.1 Å². The first-order chi connectivity index (χ1) is 18.2. The van der Waals surface area contributed by atoms with E-state index in [4.69, 9.17) is 14.5 Å². The van der Waals surface area contributed by atoms with Gasteiger partial charge in [-0.15, -0.1) is 0 Å². The van der Waals surface area contributed by atoms with Gasteiger partial charge < -0.3 is 19.7 Å². The van der Waals surface area contributed by atoms with E-state index in [2.05, 4.69) is 39.2 Å². The summed E-state index contributed by atoms with van der Waals surface area (Å²) in [7, 11) is 0. The predicted octanol–water partition coefficient (Wildman–Crippen LogP) is 6.76. The van der Waals surface area contributed by atoms with E-state index in [0.717, 1.165) is 76.1 Å². The molecule has 1 aliphatic carbocycles. The molecule has 6 rings (SSSR count). The molecule has 2 aliphatic rings. The van der Waals surface area contributed by atoms with Crippen LogP contribution in [-0.2, 0) is 4.74 Å². The zero-order valence-electron chi connectivity index (χ0n) is 21.2. The van der Waals surface area contributed by atoms with E-state index in [-0.39, 0.29) is 0 Å². The number of fused-ring (bicyclic) bond motifs is 1. The summed E-state index contributed by atoms with van der Waals surface area (Å²) >= 11 is 1.69. The Kier molecular flexibility index (Phi) is 7.19. The van der Waals surface area contributed by atoms with E-state index in [1.54, 1.807) is 17.5 Å². The minimum Gasteiger partial charge on any atom is -0.457 e. The Balaban J connectivity index is 1.14. The summed E-state index contributed by atoms with van der Waals surface area (Å²) in [6.07, 6.45) is 10.4. The number of thiazole rings is 1. The van der Waals surface area contributed by atoms with Crippen molar-refractivity contribution in [3.05, 3.63) is 54.9 Å². The Morgan fingerprint density at radius 2 is 1.84 bits per heavy atom. The molecule has 1 aliphatic heterocycles. The van der Waals surface area contributed by atoms with Crippen LogP contribution < -0.4 is 15.0 Å². The van der Waals surface area contributed by atoms with Gasteiger partial charge in [-0.1, -0.05) is 30.6 Å². The molecule has 37 heavy (non-hydrogen) atoms. The molecule has 0 amide bonds. The first kappa shape index (κ1) is 24.1. The van der Waals surface area contributed by atoms with E-state index in [0.29, 0.717) is 6.04 Å². The second-order valence-electron chi connectivity index (χ2n) is 9.96. The number of aromatic nitrogens is 3.